The maximum atomic E-state index is 11.1. The highest BCUT2D eigenvalue weighted by molar-refractivity contribution is 5.91. The summed E-state index contributed by atoms with van der Waals surface area (Å²) in [6.07, 6.45) is 0.680. The van der Waals surface area contributed by atoms with E-state index in [0.717, 1.165) is 13.8 Å². The van der Waals surface area contributed by atoms with Crippen molar-refractivity contribution in [3.05, 3.63) is 29.8 Å². The molecule has 0 saturated carbocycles. The molecule has 122 valence electrons. The van der Waals surface area contributed by atoms with Crippen LogP contribution in [0, 0.1) is 0 Å². The molecule has 23 heavy (non-hydrogen) atoms. The van der Waals surface area contributed by atoms with Gasteiger partial charge in [0.2, 0.25) is 0 Å². The Bertz CT molecular complexity index is 687. The first-order valence-corrected chi connectivity index (χ1v) is 6.33. The second-order valence-electron chi connectivity index (χ2n) is 4.29. The van der Waals surface area contributed by atoms with Gasteiger partial charge in [0.25, 0.3) is 0 Å². The van der Waals surface area contributed by atoms with Crippen LogP contribution < -0.4 is 9.47 Å². The highest BCUT2D eigenvalue weighted by Gasteiger charge is 2.15. The minimum Gasteiger partial charge on any atom is -0.478 e. The van der Waals surface area contributed by atoms with E-state index in [1.54, 1.807) is 0 Å². The molecule has 1 rings (SSSR count). The number of ether oxygens (including phenoxy) is 3. The Morgan fingerprint density at radius 2 is 1.48 bits per heavy atom. The van der Waals surface area contributed by atoms with Gasteiger partial charge in [-0.2, -0.15) is 0 Å². The fraction of sp³-hybridized carbons (Fsp3) is 0.200. The number of carboxylic acids is 1. The van der Waals surface area contributed by atoms with Gasteiger partial charge in [-0.05, 0) is 18.2 Å². The van der Waals surface area contributed by atoms with E-state index < -0.39 is 23.9 Å². The van der Waals surface area contributed by atoms with Gasteiger partial charge in [0, 0.05) is 26.3 Å². The molecule has 0 unspecified atom stereocenters. The van der Waals surface area contributed by atoms with Crippen LogP contribution in [0.3, 0.4) is 0 Å². The van der Waals surface area contributed by atoms with Crippen LogP contribution in [0.5, 0.6) is 11.5 Å². The molecular formula is C15H14O8. The van der Waals surface area contributed by atoms with Crippen molar-refractivity contribution in [1.29, 1.82) is 0 Å². The Labute approximate surface area is 131 Å². The first-order chi connectivity index (χ1) is 10.7. The zero-order valence-electron chi connectivity index (χ0n) is 12.6. The fourth-order valence-corrected chi connectivity index (χ4v) is 1.57. The van der Waals surface area contributed by atoms with Crippen LogP contribution >= 0.6 is 0 Å². The number of rotatable bonds is 5. The molecule has 0 aromatic heterocycles. The van der Waals surface area contributed by atoms with Gasteiger partial charge in [0.05, 0.1) is 6.08 Å². The summed E-state index contributed by atoms with van der Waals surface area (Å²) in [5.41, 5.74) is 0.148. The predicted octanol–water partition coefficient (Wildman–Crippen LogP) is 1.53. The van der Waals surface area contributed by atoms with Crippen molar-refractivity contribution in [1.82, 2.24) is 0 Å². The van der Waals surface area contributed by atoms with Crippen molar-refractivity contribution in [2.24, 2.45) is 0 Å². The van der Waals surface area contributed by atoms with Crippen LogP contribution in [-0.4, -0.2) is 29.0 Å². The van der Waals surface area contributed by atoms with Crippen LogP contribution in [0.1, 0.15) is 26.3 Å². The molecule has 0 spiro atoms. The van der Waals surface area contributed by atoms with Crippen molar-refractivity contribution in [2.75, 3.05) is 0 Å². The molecule has 1 aromatic rings. The lowest BCUT2D eigenvalue weighted by Crippen LogP contribution is -2.08. The number of esters is 3. The summed E-state index contributed by atoms with van der Waals surface area (Å²) in [5.74, 6) is -3.77. The molecule has 0 aliphatic carbocycles. The van der Waals surface area contributed by atoms with E-state index in [0.29, 0.717) is 6.08 Å². The lowest BCUT2D eigenvalue weighted by Gasteiger charge is -2.12. The van der Waals surface area contributed by atoms with Crippen LogP contribution in [0.25, 0.3) is 5.76 Å². The van der Waals surface area contributed by atoms with Crippen molar-refractivity contribution < 1.29 is 38.5 Å². The average molecular weight is 322 g/mol. The zero-order chi connectivity index (χ0) is 17.6. The van der Waals surface area contributed by atoms with E-state index in [1.807, 2.05) is 0 Å². The third-order valence-corrected chi connectivity index (χ3v) is 2.24. The van der Waals surface area contributed by atoms with E-state index in [1.165, 1.54) is 25.1 Å². The van der Waals surface area contributed by atoms with E-state index in [-0.39, 0.29) is 22.8 Å². The summed E-state index contributed by atoms with van der Waals surface area (Å²) in [6.45, 7) is 3.42. The molecule has 0 heterocycles. The molecule has 0 fully saturated rings. The second kappa shape index (κ2) is 7.74. The van der Waals surface area contributed by atoms with Gasteiger partial charge in [-0.3, -0.25) is 14.4 Å². The molecule has 0 atom stereocenters. The van der Waals surface area contributed by atoms with E-state index in [9.17, 15) is 19.2 Å². The van der Waals surface area contributed by atoms with Crippen LogP contribution in [-0.2, 0) is 23.9 Å². The van der Waals surface area contributed by atoms with E-state index in [4.69, 9.17) is 19.3 Å². The quantitative estimate of drug-likeness (QED) is 0.375. The smallest absolute Gasteiger partial charge is 0.332 e. The maximum absolute atomic E-state index is 11.1. The molecule has 0 radical (unpaired) electrons. The highest BCUT2D eigenvalue weighted by atomic mass is 16.6. The van der Waals surface area contributed by atoms with Crippen molar-refractivity contribution >= 4 is 29.6 Å². The standard InChI is InChI=1S/C15H14O8/c1-8(16)21-12-5-4-11(6-14(12)23-10(3)18)13(7-15(19)20)22-9(2)17/h4-7H,1-3H3,(H,19,20)/b13-7-. The molecule has 0 bridgehead atoms. The Morgan fingerprint density at radius 1 is 0.913 bits per heavy atom. The molecular weight excluding hydrogens is 308 g/mol. The van der Waals surface area contributed by atoms with Crippen molar-refractivity contribution in [3.8, 4) is 11.5 Å². The molecule has 8 heteroatoms. The number of carbonyl (C=O) groups is 4. The number of hydrogen-bond donors (Lipinski definition) is 1. The summed E-state index contributed by atoms with van der Waals surface area (Å²) in [5, 5.41) is 8.82. The molecule has 0 aliphatic heterocycles. The summed E-state index contributed by atoms with van der Waals surface area (Å²) in [7, 11) is 0. The molecule has 1 N–H and O–H groups in total. The Kier molecular flexibility index (Phi) is 6.02. The monoisotopic (exact) mass is 322 g/mol. The van der Waals surface area contributed by atoms with Gasteiger partial charge in [0.15, 0.2) is 11.5 Å². The first kappa shape index (κ1) is 17.9. The fourth-order valence-electron chi connectivity index (χ4n) is 1.57. The largest absolute Gasteiger partial charge is 0.478 e. The summed E-state index contributed by atoms with van der Waals surface area (Å²) in [6, 6.07) is 3.86. The van der Waals surface area contributed by atoms with E-state index in [2.05, 4.69) is 0 Å². The van der Waals surface area contributed by atoms with Crippen LogP contribution in [0.4, 0.5) is 0 Å². The molecule has 0 aliphatic rings. The minimum atomic E-state index is -1.33. The van der Waals surface area contributed by atoms with Gasteiger partial charge >= 0.3 is 23.9 Å². The van der Waals surface area contributed by atoms with Gasteiger partial charge < -0.3 is 19.3 Å². The number of aliphatic carboxylic acids is 1. The summed E-state index contributed by atoms with van der Waals surface area (Å²) >= 11 is 0. The van der Waals surface area contributed by atoms with Crippen molar-refractivity contribution in [2.45, 2.75) is 20.8 Å². The number of benzene rings is 1. The number of carbonyl (C=O) groups excluding carboxylic acids is 3. The van der Waals surface area contributed by atoms with Gasteiger partial charge in [-0.1, -0.05) is 0 Å². The summed E-state index contributed by atoms with van der Waals surface area (Å²) in [4.78, 5) is 44.1. The Balaban J connectivity index is 3.34. The maximum Gasteiger partial charge on any atom is 0.332 e. The topological polar surface area (TPSA) is 116 Å². The SMILES string of the molecule is CC(=O)O/C(=C\C(=O)O)c1ccc(OC(C)=O)c(OC(C)=O)c1. The lowest BCUT2D eigenvalue weighted by atomic mass is 10.1. The van der Waals surface area contributed by atoms with Gasteiger partial charge in [-0.25, -0.2) is 4.79 Å². The third-order valence-electron chi connectivity index (χ3n) is 2.24. The molecule has 0 saturated heterocycles. The third kappa shape index (κ3) is 6.00. The predicted molar refractivity (Wildman–Crippen MR) is 76.4 cm³/mol. The molecule has 1 aromatic carbocycles. The highest BCUT2D eigenvalue weighted by Crippen LogP contribution is 2.31. The normalized spacial score (nSPS) is 10.7. The van der Waals surface area contributed by atoms with Crippen molar-refractivity contribution in [3.63, 3.8) is 0 Å². The second-order valence-corrected chi connectivity index (χ2v) is 4.29. The molecule has 0 amide bonds. The van der Waals surface area contributed by atoms with Crippen LogP contribution in [0.2, 0.25) is 0 Å². The minimum absolute atomic E-state index is 0.0334. The lowest BCUT2D eigenvalue weighted by molar-refractivity contribution is -0.134. The Hall–Kier alpha value is -3.16. The zero-order valence-corrected chi connectivity index (χ0v) is 12.6. The Morgan fingerprint density at radius 3 is 1.96 bits per heavy atom. The average Bonchev–Trinajstić information content (AvgIpc) is 2.37. The van der Waals surface area contributed by atoms with Gasteiger partial charge in [-0.15, -0.1) is 0 Å². The number of hydrogen-bond acceptors (Lipinski definition) is 7. The summed E-state index contributed by atoms with van der Waals surface area (Å²) < 4.78 is 14.6. The first-order valence-electron chi connectivity index (χ1n) is 6.33. The van der Waals surface area contributed by atoms with E-state index >= 15 is 0 Å². The van der Waals surface area contributed by atoms with Gasteiger partial charge in [0.1, 0.15) is 5.76 Å². The molecule has 8 nitrogen and oxygen atoms in total. The van der Waals surface area contributed by atoms with Crippen LogP contribution in [0.15, 0.2) is 24.3 Å². The number of carboxylic acid groups (broad SMARTS) is 1.